The first kappa shape index (κ1) is 16.4. The quantitative estimate of drug-likeness (QED) is 0.711. The van der Waals surface area contributed by atoms with Crippen molar-refractivity contribution in [2.45, 2.75) is 13.5 Å². The van der Waals surface area contributed by atoms with Crippen LogP contribution < -0.4 is 15.4 Å². The number of hydrogen-bond donors (Lipinski definition) is 2. The molecule has 0 saturated carbocycles. The molecule has 2 N–H and O–H groups in total. The Morgan fingerprint density at radius 3 is 2.52 bits per heavy atom. The van der Waals surface area contributed by atoms with E-state index in [2.05, 4.69) is 25.8 Å². The molecule has 0 atom stereocenters. The molecule has 0 bridgehead atoms. The topological polar surface area (TPSA) is 102 Å². The molecule has 1 aromatic carbocycles. The van der Waals surface area contributed by atoms with E-state index in [1.54, 1.807) is 20.1 Å². The lowest BCUT2D eigenvalue weighted by Gasteiger charge is -2.06. The average molecular weight is 339 g/mol. The first-order valence-corrected chi connectivity index (χ1v) is 7.57. The molecule has 1 amide bonds. The van der Waals surface area contributed by atoms with Crippen LogP contribution in [0.5, 0.6) is 5.75 Å². The zero-order valence-corrected chi connectivity index (χ0v) is 13.8. The number of nitrogens with zero attached hydrogens (tertiary/aromatic N) is 3. The summed E-state index contributed by atoms with van der Waals surface area (Å²) in [6, 6.07) is 9.30. The van der Waals surface area contributed by atoms with Crippen molar-refractivity contribution in [3.63, 3.8) is 0 Å². The van der Waals surface area contributed by atoms with E-state index >= 15 is 0 Å². The van der Waals surface area contributed by atoms with Gasteiger partial charge in [-0.05, 0) is 24.6 Å². The number of amides is 1. The Morgan fingerprint density at radius 2 is 1.92 bits per heavy atom. The van der Waals surface area contributed by atoms with Gasteiger partial charge in [0.15, 0.2) is 5.82 Å². The van der Waals surface area contributed by atoms with Gasteiger partial charge in [-0.3, -0.25) is 4.79 Å². The number of ether oxygens (including phenoxy) is 1. The van der Waals surface area contributed by atoms with Gasteiger partial charge in [0.25, 0.3) is 5.91 Å². The fourth-order valence-corrected chi connectivity index (χ4v) is 2.07. The minimum absolute atomic E-state index is 0.329. The van der Waals surface area contributed by atoms with Gasteiger partial charge in [0.05, 0.1) is 12.7 Å². The summed E-state index contributed by atoms with van der Waals surface area (Å²) in [5.74, 6) is 1.85. The molecule has 8 nitrogen and oxygen atoms in total. The number of carbonyl (C=O) groups is 1. The van der Waals surface area contributed by atoms with Crippen LogP contribution in [0.4, 0.5) is 11.8 Å². The SMILES string of the molecule is COc1ccc(CNc2ncc(C(=O)Nc3cc(C)on3)cn2)cc1. The number of aryl methyl sites for hydroxylation is 1. The van der Waals surface area contributed by atoms with Crippen molar-refractivity contribution < 1.29 is 14.1 Å². The van der Waals surface area contributed by atoms with Crippen molar-refractivity contribution in [3.05, 3.63) is 59.6 Å². The van der Waals surface area contributed by atoms with Crippen molar-refractivity contribution in [1.29, 1.82) is 0 Å². The third-order valence-corrected chi connectivity index (χ3v) is 3.39. The summed E-state index contributed by atoms with van der Waals surface area (Å²) in [6.45, 7) is 2.31. The second kappa shape index (κ2) is 7.43. The maximum Gasteiger partial charge on any atom is 0.260 e. The lowest BCUT2D eigenvalue weighted by molar-refractivity contribution is 0.102. The third-order valence-electron chi connectivity index (χ3n) is 3.39. The summed E-state index contributed by atoms with van der Waals surface area (Å²) in [5, 5.41) is 9.41. The molecule has 25 heavy (non-hydrogen) atoms. The highest BCUT2D eigenvalue weighted by Gasteiger charge is 2.10. The summed E-state index contributed by atoms with van der Waals surface area (Å²) in [7, 11) is 1.63. The Labute approximate surface area is 144 Å². The minimum atomic E-state index is -0.352. The lowest BCUT2D eigenvalue weighted by atomic mass is 10.2. The number of benzene rings is 1. The van der Waals surface area contributed by atoms with E-state index in [4.69, 9.17) is 9.26 Å². The molecule has 0 aliphatic heterocycles. The van der Waals surface area contributed by atoms with Crippen molar-refractivity contribution in [1.82, 2.24) is 15.1 Å². The van der Waals surface area contributed by atoms with Gasteiger partial charge in [-0.1, -0.05) is 17.3 Å². The van der Waals surface area contributed by atoms with Gasteiger partial charge in [0.1, 0.15) is 11.5 Å². The first-order valence-electron chi connectivity index (χ1n) is 7.57. The van der Waals surface area contributed by atoms with Gasteiger partial charge >= 0.3 is 0 Å². The van der Waals surface area contributed by atoms with Crippen LogP contribution in [0, 0.1) is 6.92 Å². The molecule has 8 heteroatoms. The largest absolute Gasteiger partial charge is 0.497 e. The molecule has 2 aromatic heterocycles. The Bertz CT molecular complexity index is 843. The van der Waals surface area contributed by atoms with Crippen LogP contribution in [0.15, 0.2) is 47.2 Å². The molecule has 0 fully saturated rings. The van der Waals surface area contributed by atoms with Gasteiger partial charge < -0.3 is 19.9 Å². The number of hydrogen-bond acceptors (Lipinski definition) is 7. The number of rotatable bonds is 6. The molecule has 3 aromatic rings. The number of carbonyl (C=O) groups excluding carboxylic acids is 1. The van der Waals surface area contributed by atoms with Crippen LogP contribution in [0.3, 0.4) is 0 Å². The third kappa shape index (κ3) is 4.31. The Morgan fingerprint density at radius 1 is 1.20 bits per heavy atom. The van der Waals surface area contributed by atoms with Crippen molar-refractivity contribution in [2.24, 2.45) is 0 Å². The van der Waals surface area contributed by atoms with Crippen molar-refractivity contribution in [3.8, 4) is 5.75 Å². The Hall–Kier alpha value is -3.42. The van der Waals surface area contributed by atoms with Crippen LogP contribution in [0.25, 0.3) is 0 Å². The van der Waals surface area contributed by atoms with E-state index < -0.39 is 0 Å². The summed E-state index contributed by atoms with van der Waals surface area (Å²) in [4.78, 5) is 20.4. The molecular formula is C17H17N5O3. The normalized spacial score (nSPS) is 10.3. The molecular weight excluding hydrogens is 322 g/mol. The fourth-order valence-electron chi connectivity index (χ4n) is 2.07. The molecule has 2 heterocycles. The zero-order valence-electron chi connectivity index (χ0n) is 13.8. The number of methoxy groups -OCH3 is 1. The first-order chi connectivity index (χ1) is 12.1. The van der Waals surface area contributed by atoms with Gasteiger partial charge in [0, 0.05) is 25.0 Å². The van der Waals surface area contributed by atoms with Gasteiger partial charge in [0.2, 0.25) is 5.95 Å². The molecule has 0 saturated heterocycles. The molecule has 0 aliphatic carbocycles. The van der Waals surface area contributed by atoms with Gasteiger partial charge in [-0.2, -0.15) is 0 Å². The minimum Gasteiger partial charge on any atom is -0.497 e. The van der Waals surface area contributed by atoms with Crippen LogP contribution in [-0.4, -0.2) is 28.1 Å². The van der Waals surface area contributed by atoms with Gasteiger partial charge in [-0.25, -0.2) is 9.97 Å². The molecule has 3 rings (SSSR count). The summed E-state index contributed by atoms with van der Waals surface area (Å²) < 4.78 is 10.0. The van der Waals surface area contributed by atoms with Gasteiger partial charge in [-0.15, -0.1) is 0 Å². The molecule has 128 valence electrons. The number of anilines is 2. The van der Waals surface area contributed by atoms with Crippen LogP contribution in [-0.2, 0) is 6.54 Å². The Kier molecular flexibility index (Phi) is 4.89. The number of nitrogens with one attached hydrogen (secondary N) is 2. The second-order valence-corrected chi connectivity index (χ2v) is 5.27. The predicted molar refractivity (Wildman–Crippen MR) is 91.5 cm³/mol. The smallest absolute Gasteiger partial charge is 0.260 e. The van der Waals surface area contributed by atoms with Crippen LogP contribution in [0.1, 0.15) is 21.7 Å². The lowest BCUT2D eigenvalue weighted by Crippen LogP contribution is -2.13. The van der Waals surface area contributed by atoms with Crippen molar-refractivity contribution in [2.75, 3.05) is 17.7 Å². The monoisotopic (exact) mass is 339 g/mol. The highest BCUT2D eigenvalue weighted by Crippen LogP contribution is 2.13. The maximum atomic E-state index is 12.1. The van der Waals surface area contributed by atoms with Crippen LogP contribution in [0.2, 0.25) is 0 Å². The molecule has 0 radical (unpaired) electrons. The highest BCUT2D eigenvalue weighted by atomic mass is 16.5. The maximum absolute atomic E-state index is 12.1. The standard InChI is InChI=1S/C17H17N5O3/c1-11-7-15(22-25-11)21-16(23)13-9-19-17(20-10-13)18-8-12-3-5-14(24-2)6-4-12/h3-7,9-10H,8H2,1-2H3,(H,18,19,20)(H,21,22,23). The van der Waals surface area contributed by atoms with Crippen molar-refractivity contribution >= 4 is 17.7 Å². The zero-order chi connectivity index (χ0) is 17.6. The van der Waals surface area contributed by atoms with Crippen LogP contribution >= 0.6 is 0 Å². The average Bonchev–Trinajstić information content (AvgIpc) is 3.05. The highest BCUT2D eigenvalue weighted by molar-refractivity contribution is 6.03. The van der Waals surface area contributed by atoms with E-state index in [1.165, 1.54) is 12.4 Å². The van der Waals surface area contributed by atoms with E-state index in [1.807, 2.05) is 24.3 Å². The second-order valence-electron chi connectivity index (χ2n) is 5.27. The predicted octanol–water partition coefficient (Wildman–Crippen LogP) is 2.65. The summed E-state index contributed by atoms with van der Waals surface area (Å²) in [6.07, 6.45) is 2.90. The number of aromatic nitrogens is 3. The summed E-state index contributed by atoms with van der Waals surface area (Å²) in [5.41, 5.74) is 1.39. The van der Waals surface area contributed by atoms with E-state index in [9.17, 15) is 4.79 Å². The Balaban J connectivity index is 1.56. The molecule has 0 spiro atoms. The molecule has 0 unspecified atom stereocenters. The van der Waals surface area contributed by atoms with E-state index in [-0.39, 0.29) is 5.91 Å². The molecule has 0 aliphatic rings. The van der Waals surface area contributed by atoms with E-state index in [0.717, 1.165) is 11.3 Å². The fraction of sp³-hybridized carbons (Fsp3) is 0.176. The summed E-state index contributed by atoms with van der Waals surface area (Å²) >= 11 is 0. The van der Waals surface area contributed by atoms with E-state index in [0.29, 0.717) is 29.6 Å².